The lowest BCUT2D eigenvalue weighted by molar-refractivity contribution is -0.132. The van der Waals surface area contributed by atoms with Crippen molar-refractivity contribution in [2.75, 3.05) is 33.3 Å². The van der Waals surface area contributed by atoms with Gasteiger partial charge in [0, 0.05) is 44.0 Å². The average Bonchev–Trinajstić information content (AvgIpc) is 3.26. The molecule has 2 aromatic heterocycles. The normalized spacial score (nSPS) is 14.8. The number of hydrogen-bond donors (Lipinski definition) is 0. The molecule has 34 heavy (non-hydrogen) atoms. The Labute approximate surface area is 198 Å². The average molecular weight is 483 g/mol. The molecule has 0 radical (unpaired) electrons. The molecule has 1 aliphatic heterocycles. The minimum absolute atomic E-state index is 0.0291. The van der Waals surface area contributed by atoms with Crippen LogP contribution in [0, 0.1) is 25.2 Å². The van der Waals surface area contributed by atoms with Crippen LogP contribution in [0.15, 0.2) is 35.4 Å². The van der Waals surface area contributed by atoms with Crippen molar-refractivity contribution in [1.29, 1.82) is 5.26 Å². The number of ether oxygens (including phenoxy) is 1. The molecule has 1 aromatic carbocycles. The van der Waals surface area contributed by atoms with Crippen molar-refractivity contribution < 1.29 is 17.9 Å². The van der Waals surface area contributed by atoms with Gasteiger partial charge in [0.1, 0.15) is 17.4 Å². The number of aromatic nitrogens is 3. The maximum Gasteiger partial charge on any atom is 0.243 e. The first-order chi connectivity index (χ1) is 16.3. The van der Waals surface area contributed by atoms with Crippen LogP contribution < -0.4 is 4.74 Å². The van der Waals surface area contributed by atoms with Crippen molar-refractivity contribution in [3.8, 4) is 11.8 Å². The number of rotatable bonds is 6. The number of methoxy groups -OCH3 is 1. The molecule has 4 rings (SSSR count). The van der Waals surface area contributed by atoms with Gasteiger partial charge in [0.15, 0.2) is 5.65 Å². The van der Waals surface area contributed by atoms with Crippen LogP contribution in [0.2, 0.25) is 0 Å². The lowest BCUT2D eigenvalue weighted by atomic mass is 10.1. The summed E-state index contributed by atoms with van der Waals surface area (Å²) >= 11 is 0. The van der Waals surface area contributed by atoms with E-state index < -0.39 is 10.0 Å². The topological polar surface area (TPSA) is 121 Å². The quantitative estimate of drug-likeness (QED) is 0.524. The number of carbonyl (C=O) groups excluding carboxylic acids is 1. The van der Waals surface area contributed by atoms with Crippen LogP contribution in [-0.4, -0.2) is 71.4 Å². The van der Waals surface area contributed by atoms with E-state index in [1.165, 1.54) is 29.7 Å². The molecule has 0 bridgehead atoms. The van der Waals surface area contributed by atoms with Gasteiger partial charge < -0.3 is 9.64 Å². The summed E-state index contributed by atoms with van der Waals surface area (Å²) in [6.45, 7) is 4.94. The lowest BCUT2D eigenvalue weighted by Crippen LogP contribution is -2.50. The van der Waals surface area contributed by atoms with Gasteiger partial charge in [0.05, 0.1) is 18.2 Å². The third kappa shape index (κ3) is 4.34. The number of benzene rings is 1. The zero-order chi connectivity index (χ0) is 24.5. The fourth-order valence-electron chi connectivity index (χ4n) is 4.22. The molecule has 0 saturated carbocycles. The maximum atomic E-state index is 12.9. The number of nitriles is 1. The third-order valence-electron chi connectivity index (χ3n) is 6.21. The first-order valence-corrected chi connectivity index (χ1v) is 12.4. The molecule has 3 aromatic rings. The van der Waals surface area contributed by atoms with E-state index in [4.69, 9.17) is 4.74 Å². The molecule has 0 atom stereocenters. The summed E-state index contributed by atoms with van der Waals surface area (Å²) in [6.07, 6.45) is 2.27. The SMILES string of the molecule is COc1ccc(S(=O)(=O)N2CCN(C(=O)CCc3c(C)nc4c(C#N)cnn4c3C)CC2)cc1. The highest BCUT2D eigenvalue weighted by Crippen LogP contribution is 2.22. The highest BCUT2D eigenvalue weighted by molar-refractivity contribution is 7.89. The number of carbonyl (C=O) groups is 1. The molecular weight excluding hydrogens is 456 g/mol. The Bertz CT molecular complexity index is 1370. The molecule has 178 valence electrons. The molecular formula is C23H26N6O4S. The largest absolute Gasteiger partial charge is 0.497 e. The Morgan fingerprint density at radius 1 is 1.15 bits per heavy atom. The van der Waals surface area contributed by atoms with Gasteiger partial charge in [0.25, 0.3) is 0 Å². The van der Waals surface area contributed by atoms with E-state index in [1.54, 1.807) is 21.5 Å². The number of piperazine rings is 1. The van der Waals surface area contributed by atoms with Crippen LogP contribution in [0.3, 0.4) is 0 Å². The van der Waals surface area contributed by atoms with Crippen molar-refractivity contribution in [3.63, 3.8) is 0 Å². The number of aryl methyl sites for hydroxylation is 2. The second-order valence-electron chi connectivity index (χ2n) is 8.13. The van der Waals surface area contributed by atoms with E-state index in [0.29, 0.717) is 36.5 Å². The second-order valence-corrected chi connectivity index (χ2v) is 10.1. The monoisotopic (exact) mass is 482 g/mol. The van der Waals surface area contributed by atoms with Gasteiger partial charge in [-0.25, -0.2) is 17.9 Å². The minimum atomic E-state index is -3.62. The Morgan fingerprint density at radius 3 is 2.44 bits per heavy atom. The number of nitrogens with zero attached hydrogens (tertiary/aromatic N) is 6. The maximum absolute atomic E-state index is 12.9. The van der Waals surface area contributed by atoms with E-state index in [1.807, 2.05) is 13.8 Å². The number of hydrogen-bond acceptors (Lipinski definition) is 7. The zero-order valence-corrected chi connectivity index (χ0v) is 20.2. The summed E-state index contributed by atoms with van der Waals surface area (Å²) in [5.74, 6) is 0.561. The molecule has 1 aliphatic rings. The summed E-state index contributed by atoms with van der Waals surface area (Å²) in [5.41, 5.74) is 3.48. The van der Waals surface area contributed by atoms with Crippen LogP contribution in [0.4, 0.5) is 0 Å². The van der Waals surface area contributed by atoms with Crippen LogP contribution >= 0.6 is 0 Å². The van der Waals surface area contributed by atoms with Gasteiger partial charge in [-0.3, -0.25) is 4.79 Å². The first-order valence-electron chi connectivity index (χ1n) is 10.9. The summed E-state index contributed by atoms with van der Waals surface area (Å²) in [4.78, 5) is 19.3. The van der Waals surface area contributed by atoms with Crippen molar-refractivity contribution in [1.82, 2.24) is 23.8 Å². The lowest BCUT2D eigenvalue weighted by Gasteiger charge is -2.34. The Kier molecular flexibility index (Phi) is 6.54. The first kappa shape index (κ1) is 23.7. The van der Waals surface area contributed by atoms with Crippen LogP contribution in [0.1, 0.15) is 28.9 Å². The number of fused-ring (bicyclic) bond motifs is 1. The summed E-state index contributed by atoms with van der Waals surface area (Å²) < 4.78 is 34.0. The Hall–Kier alpha value is -3.49. The smallest absolute Gasteiger partial charge is 0.243 e. The van der Waals surface area contributed by atoms with Crippen molar-refractivity contribution in [3.05, 3.63) is 53.0 Å². The van der Waals surface area contributed by atoms with E-state index in [0.717, 1.165) is 17.0 Å². The second kappa shape index (κ2) is 9.40. The predicted octanol–water partition coefficient (Wildman–Crippen LogP) is 1.69. The molecule has 10 nitrogen and oxygen atoms in total. The fourth-order valence-corrected chi connectivity index (χ4v) is 5.64. The van der Waals surface area contributed by atoms with Gasteiger partial charge in [-0.2, -0.15) is 14.7 Å². The molecule has 3 heterocycles. The molecule has 0 aliphatic carbocycles. The van der Waals surface area contributed by atoms with Gasteiger partial charge >= 0.3 is 0 Å². The molecule has 0 unspecified atom stereocenters. The van der Waals surface area contributed by atoms with Crippen molar-refractivity contribution in [2.45, 2.75) is 31.6 Å². The fraction of sp³-hybridized carbons (Fsp3) is 0.391. The zero-order valence-electron chi connectivity index (χ0n) is 19.4. The summed E-state index contributed by atoms with van der Waals surface area (Å²) in [5, 5.41) is 13.5. The highest BCUT2D eigenvalue weighted by Gasteiger charge is 2.30. The Morgan fingerprint density at radius 2 is 1.82 bits per heavy atom. The van der Waals surface area contributed by atoms with Crippen molar-refractivity contribution in [2.24, 2.45) is 0 Å². The van der Waals surface area contributed by atoms with Gasteiger partial charge in [-0.05, 0) is 50.1 Å². The van der Waals surface area contributed by atoms with Crippen LogP contribution in [0.25, 0.3) is 5.65 Å². The van der Waals surface area contributed by atoms with Crippen LogP contribution in [0.5, 0.6) is 5.75 Å². The number of amides is 1. The molecule has 1 fully saturated rings. The Balaban J connectivity index is 1.38. The molecule has 11 heteroatoms. The molecule has 0 spiro atoms. The van der Waals surface area contributed by atoms with E-state index in [-0.39, 0.29) is 30.3 Å². The molecule has 1 amide bonds. The minimum Gasteiger partial charge on any atom is -0.497 e. The van der Waals surface area contributed by atoms with E-state index in [2.05, 4.69) is 16.2 Å². The van der Waals surface area contributed by atoms with Crippen LogP contribution in [-0.2, 0) is 21.2 Å². The van der Waals surface area contributed by atoms with Gasteiger partial charge in [0.2, 0.25) is 15.9 Å². The van der Waals surface area contributed by atoms with Gasteiger partial charge in [-0.15, -0.1) is 0 Å². The van der Waals surface area contributed by atoms with Gasteiger partial charge in [-0.1, -0.05) is 0 Å². The number of sulfonamides is 1. The third-order valence-corrected chi connectivity index (χ3v) is 8.12. The van der Waals surface area contributed by atoms with E-state index in [9.17, 15) is 18.5 Å². The highest BCUT2D eigenvalue weighted by atomic mass is 32.2. The predicted molar refractivity (Wildman–Crippen MR) is 124 cm³/mol. The van der Waals surface area contributed by atoms with E-state index >= 15 is 0 Å². The summed E-state index contributed by atoms with van der Waals surface area (Å²) in [6, 6.07) is 8.38. The van der Waals surface area contributed by atoms with Crippen molar-refractivity contribution >= 4 is 21.6 Å². The summed E-state index contributed by atoms with van der Waals surface area (Å²) in [7, 11) is -2.10. The molecule has 0 N–H and O–H groups in total. The standard InChI is InChI=1S/C23H26N6O4S/c1-16-21(17(2)29-23(26-16)18(14-24)15-25-29)8-9-22(30)27-10-12-28(13-11-27)34(31,32)20-6-4-19(33-3)5-7-20/h4-7,15H,8-13H2,1-3H3. The molecule has 1 saturated heterocycles.